The van der Waals surface area contributed by atoms with E-state index in [-0.39, 0.29) is 24.3 Å². The SMILES string of the molecule is CCCOC(=O)c1c(-c2ccc(Br)cc2)csc1NC(=O)[C@H]1[C@H]2CC[C@@H](C2)[C@H]1C(=O)O. The summed E-state index contributed by atoms with van der Waals surface area (Å²) < 4.78 is 6.31. The standard InChI is InChI=1S/C23H24BrNO5S/c1-2-9-30-23(29)19-16(12-5-7-15(24)8-6-12)11-31-21(19)25-20(26)17-13-3-4-14(10-13)18(17)22(27)28/h5-8,11,13-14,17-18H,2-4,9-10H2,1H3,(H,25,26)(H,27,28)/t13-,14-,17-,18+/m0/s1. The number of carbonyl (C=O) groups is 3. The van der Waals surface area contributed by atoms with Gasteiger partial charge in [-0.2, -0.15) is 0 Å². The number of aliphatic carboxylic acids is 1. The number of benzene rings is 1. The van der Waals surface area contributed by atoms with Crippen LogP contribution in [0.1, 0.15) is 43.0 Å². The molecule has 0 radical (unpaired) electrons. The number of fused-ring (bicyclic) bond motifs is 2. The minimum Gasteiger partial charge on any atom is -0.481 e. The van der Waals surface area contributed by atoms with Crippen molar-refractivity contribution in [1.82, 2.24) is 0 Å². The van der Waals surface area contributed by atoms with Crippen LogP contribution in [0.3, 0.4) is 0 Å². The third-order valence-electron chi connectivity index (χ3n) is 6.33. The summed E-state index contributed by atoms with van der Waals surface area (Å²) in [6, 6.07) is 7.56. The van der Waals surface area contributed by atoms with E-state index in [0.717, 1.165) is 29.3 Å². The minimum atomic E-state index is -0.906. The van der Waals surface area contributed by atoms with E-state index in [1.54, 1.807) is 0 Å². The van der Waals surface area contributed by atoms with E-state index in [4.69, 9.17) is 4.74 Å². The number of carboxylic acid groups (broad SMARTS) is 1. The first-order valence-electron chi connectivity index (χ1n) is 10.5. The van der Waals surface area contributed by atoms with Crippen molar-refractivity contribution in [3.63, 3.8) is 0 Å². The number of nitrogens with one attached hydrogen (secondary N) is 1. The van der Waals surface area contributed by atoms with E-state index >= 15 is 0 Å². The number of rotatable bonds is 7. The van der Waals surface area contributed by atoms with Gasteiger partial charge in [-0.05, 0) is 55.2 Å². The molecule has 4 atom stereocenters. The van der Waals surface area contributed by atoms with Crippen molar-refractivity contribution in [2.24, 2.45) is 23.7 Å². The summed E-state index contributed by atoms with van der Waals surface area (Å²) in [5.74, 6) is -2.76. The van der Waals surface area contributed by atoms with Crippen molar-refractivity contribution in [2.45, 2.75) is 32.6 Å². The Bertz CT molecular complexity index is 1000. The van der Waals surface area contributed by atoms with Gasteiger partial charge in [-0.25, -0.2) is 4.79 Å². The van der Waals surface area contributed by atoms with E-state index in [2.05, 4.69) is 21.2 Å². The molecule has 164 valence electrons. The molecule has 2 aromatic rings. The van der Waals surface area contributed by atoms with Crippen LogP contribution >= 0.6 is 27.3 Å². The van der Waals surface area contributed by atoms with Crippen LogP contribution in [0.2, 0.25) is 0 Å². The molecule has 1 aromatic heterocycles. The maximum absolute atomic E-state index is 13.2. The molecular formula is C23H24BrNO5S. The second-order valence-corrected chi connectivity index (χ2v) is 10.0. The Morgan fingerprint density at radius 2 is 1.84 bits per heavy atom. The molecule has 2 aliphatic rings. The number of hydrogen-bond donors (Lipinski definition) is 2. The molecule has 1 heterocycles. The molecule has 0 unspecified atom stereocenters. The number of esters is 1. The molecular weight excluding hydrogens is 482 g/mol. The zero-order chi connectivity index (χ0) is 22.1. The van der Waals surface area contributed by atoms with Gasteiger partial charge < -0.3 is 15.2 Å². The molecule has 0 aliphatic heterocycles. The van der Waals surface area contributed by atoms with Crippen molar-refractivity contribution in [3.05, 3.63) is 39.7 Å². The van der Waals surface area contributed by atoms with Gasteiger partial charge >= 0.3 is 11.9 Å². The smallest absolute Gasteiger partial charge is 0.341 e. The topological polar surface area (TPSA) is 92.7 Å². The highest BCUT2D eigenvalue weighted by molar-refractivity contribution is 9.10. The molecule has 1 amide bonds. The fourth-order valence-corrected chi connectivity index (χ4v) is 6.21. The second kappa shape index (κ2) is 9.12. The molecule has 31 heavy (non-hydrogen) atoms. The molecule has 0 saturated heterocycles. The number of anilines is 1. The lowest BCUT2D eigenvalue weighted by molar-refractivity contribution is -0.148. The average molecular weight is 506 g/mol. The Balaban J connectivity index is 1.64. The van der Waals surface area contributed by atoms with Crippen LogP contribution < -0.4 is 5.32 Å². The molecule has 1 aromatic carbocycles. The zero-order valence-corrected chi connectivity index (χ0v) is 19.5. The van der Waals surface area contributed by atoms with Crippen LogP contribution in [-0.4, -0.2) is 29.6 Å². The van der Waals surface area contributed by atoms with E-state index in [9.17, 15) is 19.5 Å². The molecule has 0 spiro atoms. The maximum Gasteiger partial charge on any atom is 0.341 e. The summed E-state index contributed by atoms with van der Waals surface area (Å²) >= 11 is 4.68. The Morgan fingerprint density at radius 3 is 2.48 bits per heavy atom. The van der Waals surface area contributed by atoms with Gasteiger partial charge in [0.15, 0.2) is 0 Å². The number of thiophene rings is 1. The molecule has 2 fully saturated rings. The van der Waals surface area contributed by atoms with E-state index < -0.39 is 23.8 Å². The fourth-order valence-electron chi connectivity index (χ4n) is 4.98. The zero-order valence-electron chi connectivity index (χ0n) is 17.1. The molecule has 2 N–H and O–H groups in total. The Labute approximate surface area is 193 Å². The Kier molecular flexibility index (Phi) is 6.48. The largest absolute Gasteiger partial charge is 0.481 e. The number of hydrogen-bond acceptors (Lipinski definition) is 5. The summed E-state index contributed by atoms with van der Waals surface area (Å²) in [6.45, 7) is 2.20. The Morgan fingerprint density at radius 1 is 1.16 bits per heavy atom. The number of halogens is 1. The van der Waals surface area contributed by atoms with Gasteiger partial charge in [-0.15, -0.1) is 11.3 Å². The summed E-state index contributed by atoms with van der Waals surface area (Å²) in [4.78, 5) is 37.9. The second-order valence-electron chi connectivity index (χ2n) is 8.21. The third kappa shape index (κ3) is 4.28. The van der Waals surface area contributed by atoms with Crippen LogP contribution in [-0.2, 0) is 14.3 Å². The lowest BCUT2D eigenvalue weighted by Gasteiger charge is -2.27. The van der Waals surface area contributed by atoms with Crippen LogP contribution in [0.25, 0.3) is 11.1 Å². The summed E-state index contributed by atoms with van der Waals surface area (Å²) in [7, 11) is 0. The van der Waals surface area contributed by atoms with Crippen molar-refractivity contribution >= 4 is 50.1 Å². The average Bonchev–Trinajstić information content (AvgIpc) is 3.47. The van der Waals surface area contributed by atoms with E-state index in [1.165, 1.54) is 11.3 Å². The number of amides is 1. The summed E-state index contributed by atoms with van der Waals surface area (Å²) in [6.07, 6.45) is 3.23. The maximum atomic E-state index is 13.2. The van der Waals surface area contributed by atoms with Crippen molar-refractivity contribution in [3.8, 4) is 11.1 Å². The Hall–Kier alpha value is -2.19. The van der Waals surface area contributed by atoms with Gasteiger partial charge in [-0.3, -0.25) is 9.59 Å². The van der Waals surface area contributed by atoms with Gasteiger partial charge in [0.05, 0.1) is 18.4 Å². The van der Waals surface area contributed by atoms with Crippen LogP contribution in [0.15, 0.2) is 34.1 Å². The normalized spacial score (nSPS) is 24.2. The van der Waals surface area contributed by atoms with E-state index in [0.29, 0.717) is 22.5 Å². The van der Waals surface area contributed by atoms with Gasteiger partial charge in [0.1, 0.15) is 10.6 Å². The van der Waals surface area contributed by atoms with Crippen LogP contribution in [0, 0.1) is 23.7 Å². The quantitative estimate of drug-likeness (QED) is 0.489. The fraction of sp³-hybridized carbons (Fsp3) is 0.435. The van der Waals surface area contributed by atoms with E-state index in [1.807, 2.05) is 36.6 Å². The molecule has 4 rings (SSSR count). The highest BCUT2D eigenvalue weighted by Gasteiger charge is 2.54. The number of carboxylic acids is 1. The molecule has 2 saturated carbocycles. The van der Waals surface area contributed by atoms with Crippen molar-refractivity contribution in [1.29, 1.82) is 0 Å². The monoisotopic (exact) mass is 505 g/mol. The van der Waals surface area contributed by atoms with Crippen molar-refractivity contribution < 1.29 is 24.2 Å². The van der Waals surface area contributed by atoms with Crippen LogP contribution in [0.5, 0.6) is 0 Å². The third-order valence-corrected chi connectivity index (χ3v) is 7.75. The lowest BCUT2D eigenvalue weighted by Crippen LogP contribution is -2.38. The number of carbonyl (C=O) groups excluding carboxylic acids is 2. The first kappa shape index (κ1) is 22.0. The minimum absolute atomic E-state index is 0.0638. The van der Waals surface area contributed by atoms with Gasteiger partial charge in [0, 0.05) is 15.4 Å². The first-order chi connectivity index (χ1) is 14.9. The van der Waals surface area contributed by atoms with Gasteiger partial charge in [0.25, 0.3) is 0 Å². The molecule has 8 heteroatoms. The highest BCUT2D eigenvalue weighted by atomic mass is 79.9. The summed E-state index contributed by atoms with van der Waals surface area (Å²) in [5.41, 5.74) is 1.85. The lowest BCUT2D eigenvalue weighted by atomic mass is 9.79. The first-order valence-corrected chi connectivity index (χ1v) is 12.2. The summed E-state index contributed by atoms with van der Waals surface area (Å²) in [5, 5.41) is 14.8. The predicted octanol–water partition coefficient (Wildman–Crippen LogP) is 5.43. The molecule has 6 nitrogen and oxygen atoms in total. The highest BCUT2D eigenvalue weighted by Crippen LogP contribution is 2.53. The van der Waals surface area contributed by atoms with Crippen LogP contribution in [0.4, 0.5) is 5.00 Å². The predicted molar refractivity (Wildman–Crippen MR) is 122 cm³/mol. The van der Waals surface area contributed by atoms with Gasteiger partial charge in [0.2, 0.25) is 5.91 Å². The van der Waals surface area contributed by atoms with Gasteiger partial charge in [-0.1, -0.05) is 35.0 Å². The molecule has 2 aliphatic carbocycles. The van der Waals surface area contributed by atoms with Crippen molar-refractivity contribution in [2.75, 3.05) is 11.9 Å². The number of ether oxygens (including phenoxy) is 1. The molecule has 2 bridgehead atoms.